The van der Waals surface area contributed by atoms with E-state index in [1.807, 2.05) is 39.4 Å². The van der Waals surface area contributed by atoms with Gasteiger partial charge in [0.2, 0.25) is 0 Å². The molecule has 0 aliphatic heterocycles. The lowest BCUT2D eigenvalue weighted by molar-refractivity contribution is -0.137. The minimum atomic E-state index is -0.783. The van der Waals surface area contributed by atoms with Crippen LogP contribution in [0.4, 0.5) is 0 Å². The summed E-state index contributed by atoms with van der Waals surface area (Å²) in [5.74, 6) is -0.832. The highest BCUT2D eigenvalue weighted by atomic mass is 32.1. The Morgan fingerprint density at radius 1 is 1.40 bits per heavy atom. The van der Waals surface area contributed by atoms with E-state index in [2.05, 4.69) is 10.1 Å². The summed E-state index contributed by atoms with van der Waals surface area (Å²) in [7, 11) is 1.91. The fourth-order valence-electron chi connectivity index (χ4n) is 2.43. The van der Waals surface area contributed by atoms with Crippen LogP contribution >= 0.6 is 11.3 Å². The van der Waals surface area contributed by atoms with Gasteiger partial charge in [0.15, 0.2) is 0 Å². The van der Waals surface area contributed by atoms with E-state index in [-0.39, 0.29) is 12.3 Å². The first-order valence-electron chi connectivity index (χ1n) is 6.51. The molecule has 2 aromatic heterocycles. The molecule has 0 amide bonds. The van der Waals surface area contributed by atoms with Crippen LogP contribution in [-0.2, 0) is 11.8 Å². The summed E-state index contributed by atoms with van der Waals surface area (Å²) >= 11 is 1.57. The summed E-state index contributed by atoms with van der Waals surface area (Å²) in [5.41, 5.74) is 3.91. The number of hydrogen-bond donors (Lipinski definition) is 1. The number of aliphatic carboxylic acids is 1. The Morgan fingerprint density at radius 2 is 2.05 bits per heavy atom. The molecule has 5 nitrogen and oxygen atoms in total. The second-order valence-electron chi connectivity index (χ2n) is 5.11. The number of aryl methyl sites for hydroxylation is 3. The molecular formula is C14H19N3O2S. The van der Waals surface area contributed by atoms with Crippen molar-refractivity contribution in [1.29, 1.82) is 0 Å². The Balaban J connectivity index is 2.55. The van der Waals surface area contributed by atoms with Crippen molar-refractivity contribution in [2.24, 2.45) is 7.05 Å². The maximum absolute atomic E-state index is 10.9. The number of carboxylic acids is 1. The Hall–Kier alpha value is -1.69. The Kier molecular flexibility index (Phi) is 3.94. The summed E-state index contributed by atoms with van der Waals surface area (Å²) in [6, 6.07) is 0. The van der Waals surface area contributed by atoms with Gasteiger partial charge in [0.1, 0.15) is 0 Å². The van der Waals surface area contributed by atoms with E-state index < -0.39 is 5.97 Å². The molecule has 0 saturated heterocycles. The van der Waals surface area contributed by atoms with Crippen molar-refractivity contribution in [2.75, 3.05) is 0 Å². The fraction of sp³-hybridized carbons (Fsp3) is 0.500. The van der Waals surface area contributed by atoms with Crippen molar-refractivity contribution >= 4 is 17.3 Å². The monoisotopic (exact) mass is 293 g/mol. The highest BCUT2D eigenvalue weighted by Crippen LogP contribution is 2.37. The van der Waals surface area contributed by atoms with Crippen LogP contribution in [0.5, 0.6) is 0 Å². The summed E-state index contributed by atoms with van der Waals surface area (Å²) in [4.78, 5) is 16.6. The Morgan fingerprint density at radius 3 is 2.55 bits per heavy atom. The highest BCUT2D eigenvalue weighted by molar-refractivity contribution is 7.12. The average molecular weight is 293 g/mol. The molecule has 0 aliphatic rings. The number of aromatic nitrogens is 3. The van der Waals surface area contributed by atoms with Crippen LogP contribution in [0.15, 0.2) is 0 Å². The third-order valence-electron chi connectivity index (χ3n) is 3.43. The number of hydrogen-bond acceptors (Lipinski definition) is 4. The predicted octanol–water partition coefficient (Wildman–Crippen LogP) is 3.05. The van der Waals surface area contributed by atoms with E-state index in [4.69, 9.17) is 5.11 Å². The molecule has 0 aliphatic carbocycles. The van der Waals surface area contributed by atoms with E-state index in [1.54, 1.807) is 11.3 Å². The first kappa shape index (κ1) is 14.7. The van der Waals surface area contributed by atoms with Crippen molar-refractivity contribution in [3.8, 4) is 11.3 Å². The second-order valence-corrected chi connectivity index (χ2v) is 6.35. The number of nitrogens with zero attached hydrogens (tertiary/aromatic N) is 3. The molecule has 1 atom stereocenters. The Labute approximate surface area is 122 Å². The van der Waals surface area contributed by atoms with Gasteiger partial charge in [0.25, 0.3) is 0 Å². The van der Waals surface area contributed by atoms with E-state index in [9.17, 15) is 4.79 Å². The van der Waals surface area contributed by atoms with Gasteiger partial charge in [-0.1, -0.05) is 6.92 Å². The van der Waals surface area contributed by atoms with Crippen LogP contribution in [-0.4, -0.2) is 25.8 Å². The topological polar surface area (TPSA) is 68.0 Å². The van der Waals surface area contributed by atoms with Crippen LogP contribution in [0.2, 0.25) is 0 Å². The standard InChI is InChI=1S/C14H19N3O2S/c1-7(6-11(18)19)14-13(15-10(4)20-14)12-8(2)16-17(5)9(12)3/h7H,6H2,1-5H3,(H,18,19). The molecule has 108 valence electrons. The van der Waals surface area contributed by atoms with Crippen molar-refractivity contribution in [3.05, 3.63) is 21.3 Å². The van der Waals surface area contributed by atoms with Gasteiger partial charge >= 0.3 is 5.97 Å². The molecule has 0 bridgehead atoms. The predicted molar refractivity (Wildman–Crippen MR) is 79.2 cm³/mol. The first-order valence-corrected chi connectivity index (χ1v) is 7.32. The van der Waals surface area contributed by atoms with Crippen molar-refractivity contribution in [2.45, 2.75) is 40.0 Å². The van der Waals surface area contributed by atoms with E-state index in [1.165, 1.54) is 0 Å². The van der Waals surface area contributed by atoms with Gasteiger partial charge in [-0.3, -0.25) is 9.48 Å². The molecule has 0 saturated carbocycles. The van der Waals surface area contributed by atoms with Crippen LogP contribution in [0.1, 0.15) is 40.5 Å². The minimum absolute atomic E-state index is 0.0484. The van der Waals surface area contributed by atoms with Crippen molar-refractivity contribution in [1.82, 2.24) is 14.8 Å². The quantitative estimate of drug-likeness (QED) is 0.940. The first-order chi connectivity index (χ1) is 9.31. The number of carbonyl (C=O) groups is 1. The maximum atomic E-state index is 10.9. The van der Waals surface area contributed by atoms with Crippen LogP contribution in [0, 0.1) is 20.8 Å². The largest absolute Gasteiger partial charge is 0.481 e. The van der Waals surface area contributed by atoms with E-state index >= 15 is 0 Å². The molecule has 1 unspecified atom stereocenters. The number of rotatable bonds is 4. The molecule has 0 aromatic carbocycles. The second kappa shape index (κ2) is 5.36. The molecular weight excluding hydrogens is 274 g/mol. The molecule has 6 heteroatoms. The third-order valence-corrected chi connectivity index (χ3v) is 4.64. The van der Waals surface area contributed by atoms with Gasteiger partial charge in [-0.25, -0.2) is 4.98 Å². The summed E-state index contributed by atoms with van der Waals surface area (Å²) in [5, 5.41) is 14.4. The van der Waals surface area contributed by atoms with Gasteiger partial charge in [-0.05, 0) is 20.8 Å². The molecule has 0 fully saturated rings. The van der Waals surface area contributed by atoms with Gasteiger partial charge < -0.3 is 5.11 Å². The lowest BCUT2D eigenvalue weighted by atomic mass is 10.00. The lowest BCUT2D eigenvalue weighted by Gasteiger charge is -2.09. The molecule has 2 aromatic rings. The smallest absolute Gasteiger partial charge is 0.303 e. The normalized spacial score (nSPS) is 12.7. The fourth-order valence-corrected chi connectivity index (χ4v) is 3.41. The molecule has 2 rings (SSSR count). The molecule has 0 radical (unpaired) electrons. The molecule has 2 heterocycles. The SMILES string of the molecule is Cc1nc(-c2c(C)nn(C)c2C)c(C(C)CC(=O)O)s1. The average Bonchev–Trinajstić information content (AvgIpc) is 2.80. The van der Waals surface area contributed by atoms with Crippen molar-refractivity contribution in [3.63, 3.8) is 0 Å². The van der Waals surface area contributed by atoms with E-state index in [0.29, 0.717) is 0 Å². The Bertz CT molecular complexity index is 658. The lowest BCUT2D eigenvalue weighted by Crippen LogP contribution is -2.03. The maximum Gasteiger partial charge on any atom is 0.303 e. The van der Waals surface area contributed by atoms with Crippen molar-refractivity contribution < 1.29 is 9.90 Å². The van der Waals surface area contributed by atoms with Crippen LogP contribution in [0.3, 0.4) is 0 Å². The van der Waals surface area contributed by atoms with Crippen LogP contribution < -0.4 is 0 Å². The molecule has 1 N–H and O–H groups in total. The van der Waals surface area contributed by atoms with Gasteiger partial charge in [0, 0.05) is 29.1 Å². The van der Waals surface area contributed by atoms with Crippen LogP contribution in [0.25, 0.3) is 11.3 Å². The molecule has 0 spiro atoms. The zero-order valence-electron chi connectivity index (χ0n) is 12.4. The summed E-state index contributed by atoms with van der Waals surface area (Å²) in [6.07, 6.45) is 0.118. The minimum Gasteiger partial charge on any atom is -0.481 e. The highest BCUT2D eigenvalue weighted by Gasteiger charge is 2.23. The summed E-state index contributed by atoms with van der Waals surface area (Å²) in [6.45, 7) is 7.86. The molecule has 20 heavy (non-hydrogen) atoms. The van der Waals surface area contributed by atoms with Gasteiger partial charge in [0.05, 0.1) is 22.8 Å². The zero-order valence-corrected chi connectivity index (χ0v) is 13.2. The summed E-state index contributed by atoms with van der Waals surface area (Å²) < 4.78 is 1.84. The van der Waals surface area contributed by atoms with Gasteiger partial charge in [-0.15, -0.1) is 11.3 Å². The number of thiazole rings is 1. The van der Waals surface area contributed by atoms with Gasteiger partial charge in [-0.2, -0.15) is 5.10 Å². The zero-order chi connectivity index (χ0) is 15.0. The third kappa shape index (κ3) is 2.60. The van der Waals surface area contributed by atoms with E-state index in [0.717, 1.165) is 32.5 Å². The number of carboxylic acid groups (broad SMARTS) is 1.